The van der Waals surface area contributed by atoms with Crippen LogP contribution < -0.4 is 36.6 Å². The number of thiazole rings is 2. The van der Waals surface area contributed by atoms with Crippen molar-refractivity contribution in [2.45, 2.75) is 44.4 Å². The fourth-order valence-electron chi connectivity index (χ4n) is 4.26. The molecule has 4 nitrogen and oxygen atoms in total. The van der Waals surface area contributed by atoms with Crippen molar-refractivity contribution in [3.05, 3.63) is 95.3 Å². The Morgan fingerprint density at radius 1 is 1.11 bits per heavy atom. The fourth-order valence-corrected chi connectivity index (χ4v) is 7.70. The van der Waals surface area contributed by atoms with Gasteiger partial charge < -0.3 is 17.3 Å². The third-order valence-electron chi connectivity index (χ3n) is 6.29. The average Bonchev–Trinajstić information content (AvgIpc) is 3.53. The molecule has 0 aliphatic carbocycles. The van der Waals surface area contributed by atoms with Crippen LogP contribution in [0.4, 0.5) is 18.9 Å². The van der Waals surface area contributed by atoms with Gasteiger partial charge in [-0.15, -0.1) is 11.3 Å². The average molecular weight is 596 g/mol. The molecule has 2 aromatic carbocycles. The third kappa shape index (κ3) is 5.59. The number of alkyl halides is 3. The van der Waals surface area contributed by atoms with Gasteiger partial charge in [0, 0.05) is 24.9 Å². The van der Waals surface area contributed by atoms with E-state index < -0.39 is 11.7 Å². The molecular weight excluding hydrogens is 571 g/mol. The summed E-state index contributed by atoms with van der Waals surface area (Å²) in [5.41, 5.74) is 2.50. The summed E-state index contributed by atoms with van der Waals surface area (Å²) in [5, 5.41) is 3.91. The Balaban J connectivity index is 0.00000336. The van der Waals surface area contributed by atoms with Crippen LogP contribution in [0.3, 0.4) is 0 Å². The number of thioether (sulfide) groups is 1. The molecule has 0 saturated heterocycles. The van der Waals surface area contributed by atoms with E-state index in [4.69, 9.17) is 0 Å². The van der Waals surface area contributed by atoms with Crippen LogP contribution in [0.2, 0.25) is 0 Å². The Hall–Kier alpha value is -2.53. The Bertz CT molecular complexity index is 1640. The van der Waals surface area contributed by atoms with Gasteiger partial charge in [0.1, 0.15) is 14.2 Å². The lowest BCUT2D eigenvalue weighted by Crippen LogP contribution is -3.00. The second-order valence-electron chi connectivity index (χ2n) is 8.78. The van der Waals surface area contributed by atoms with Gasteiger partial charge in [0.2, 0.25) is 0 Å². The maximum atomic E-state index is 13.4. The minimum Gasteiger partial charge on any atom is -1.00 e. The molecule has 4 aromatic rings. The monoisotopic (exact) mass is 595 g/mol. The molecule has 0 N–H and O–H groups in total. The van der Waals surface area contributed by atoms with Crippen LogP contribution in [0.15, 0.2) is 63.7 Å². The molecule has 0 spiro atoms. The first-order valence-electron chi connectivity index (χ1n) is 11.8. The SMILES string of the molecule is CCn1c(=O)/c(=C2\Sc3cc(C)ccc3N2C)s/c1=C\c1scc[n+]1CCc1ccc(C(F)(F)F)cc1.[Cl-]. The Kier molecular flexibility index (Phi) is 8.46. The molecule has 0 unspecified atom stereocenters. The van der Waals surface area contributed by atoms with E-state index in [1.807, 2.05) is 31.6 Å². The highest BCUT2D eigenvalue weighted by Gasteiger charge is 2.30. The van der Waals surface area contributed by atoms with E-state index in [0.29, 0.717) is 19.5 Å². The molecule has 1 aliphatic heterocycles. The van der Waals surface area contributed by atoms with Gasteiger partial charge in [-0.3, -0.25) is 9.36 Å². The summed E-state index contributed by atoms with van der Waals surface area (Å²) in [4.78, 5) is 16.6. The normalized spacial score (nSPS) is 15.1. The van der Waals surface area contributed by atoms with Crippen LogP contribution in [-0.2, 0) is 25.7 Å². The van der Waals surface area contributed by atoms with Crippen molar-refractivity contribution in [2.75, 3.05) is 11.9 Å². The van der Waals surface area contributed by atoms with Crippen molar-refractivity contribution in [2.24, 2.45) is 0 Å². The van der Waals surface area contributed by atoms with Crippen molar-refractivity contribution in [1.29, 1.82) is 0 Å². The van der Waals surface area contributed by atoms with Gasteiger partial charge >= 0.3 is 6.18 Å². The number of anilines is 1. The van der Waals surface area contributed by atoms with Gasteiger partial charge in [-0.1, -0.05) is 41.3 Å². The lowest BCUT2D eigenvalue weighted by Gasteiger charge is -2.12. The summed E-state index contributed by atoms with van der Waals surface area (Å²) in [6.45, 7) is 5.22. The largest absolute Gasteiger partial charge is 1.00 e. The zero-order chi connectivity index (χ0) is 26.3. The van der Waals surface area contributed by atoms with E-state index in [0.717, 1.165) is 47.5 Å². The molecule has 11 heteroatoms. The summed E-state index contributed by atoms with van der Waals surface area (Å²) in [6.07, 6.45) is 0.280. The highest BCUT2D eigenvalue weighted by atomic mass is 35.5. The lowest BCUT2D eigenvalue weighted by atomic mass is 10.1. The summed E-state index contributed by atoms with van der Waals surface area (Å²) in [5.74, 6) is 0. The highest BCUT2D eigenvalue weighted by Crippen LogP contribution is 2.45. The van der Waals surface area contributed by atoms with Crippen LogP contribution in [0.1, 0.15) is 28.6 Å². The van der Waals surface area contributed by atoms with Gasteiger partial charge in [0.15, 0.2) is 12.7 Å². The summed E-state index contributed by atoms with van der Waals surface area (Å²) in [6, 6.07) is 11.6. The van der Waals surface area contributed by atoms with Gasteiger partial charge in [0.25, 0.3) is 10.6 Å². The van der Waals surface area contributed by atoms with E-state index in [9.17, 15) is 18.0 Å². The van der Waals surface area contributed by atoms with E-state index >= 15 is 0 Å². The van der Waals surface area contributed by atoms with Crippen molar-refractivity contribution in [1.82, 2.24) is 4.57 Å². The molecule has 0 amide bonds. The zero-order valence-electron chi connectivity index (χ0n) is 20.9. The van der Waals surface area contributed by atoms with Crippen LogP contribution in [0, 0.1) is 6.92 Å². The number of nitrogens with zero attached hydrogens (tertiary/aromatic N) is 3. The fraction of sp³-hybridized carbons (Fsp3) is 0.259. The number of rotatable bonds is 5. The van der Waals surface area contributed by atoms with E-state index in [2.05, 4.69) is 34.6 Å². The topological polar surface area (TPSA) is 29.1 Å². The second kappa shape index (κ2) is 11.3. The molecular formula is C27H25ClF3N3OS3. The molecule has 0 fully saturated rings. The second-order valence-corrected chi connectivity index (χ2v) is 11.8. The number of hydrogen-bond donors (Lipinski definition) is 0. The summed E-state index contributed by atoms with van der Waals surface area (Å²) >= 11 is 4.70. The molecule has 2 aromatic heterocycles. The summed E-state index contributed by atoms with van der Waals surface area (Å²) < 4.78 is 44.0. The predicted molar refractivity (Wildman–Crippen MR) is 146 cm³/mol. The molecule has 0 bridgehead atoms. The number of hydrogen-bond acceptors (Lipinski definition) is 5. The van der Waals surface area contributed by atoms with Crippen molar-refractivity contribution in [3.63, 3.8) is 0 Å². The zero-order valence-corrected chi connectivity index (χ0v) is 24.1. The van der Waals surface area contributed by atoms with Crippen molar-refractivity contribution < 1.29 is 30.1 Å². The third-order valence-corrected chi connectivity index (χ3v) is 9.61. The molecule has 3 heterocycles. The summed E-state index contributed by atoms with van der Waals surface area (Å²) in [7, 11) is 2.00. The van der Waals surface area contributed by atoms with E-state index in [-0.39, 0.29) is 18.0 Å². The van der Waals surface area contributed by atoms with E-state index in [1.165, 1.54) is 29.0 Å². The molecule has 0 saturated carbocycles. The van der Waals surface area contributed by atoms with Gasteiger partial charge in [-0.05, 0) is 49.2 Å². The highest BCUT2D eigenvalue weighted by molar-refractivity contribution is 8.08. The molecule has 38 heavy (non-hydrogen) atoms. The van der Waals surface area contributed by atoms with Crippen molar-refractivity contribution >= 4 is 51.2 Å². The minimum atomic E-state index is -4.33. The standard InChI is InChI=1S/C27H25F3N3OS3.ClH/c1-4-33-23(37-24(25(33)34)26-31(3)20-10-5-17(2)15-21(20)36-26)16-22-32(13-14-35-22)12-11-18-6-8-19(9-7-18)27(28,29)30;/h5-10,13-16H,4,11-12H2,1-3H3;1H/q+1;/p-1/b26-24+;. The molecule has 5 rings (SSSR count). The maximum Gasteiger partial charge on any atom is 0.416 e. The first kappa shape index (κ1) is 28.5. The Labute approximate surface area is 236 Å². The van der Waals surface area contributed by atoms with Crippen LogP contribution in [0.5, 0.6) is 0 Å². The van der Waals surface area contributed by atoms with Crippen molar-refractivity contribution in [3.8, 4) is 0 Å². The quantitative estimate of drug-likeness (QED) is 0.331. The number of fused-ring (bicyclic) bond motifs is 1. The maximum absolute atomic E-state index is 13.4. The minimum absolute atomic E-state index is 0. The van der Waals surface area contributed by atoms with Crippen LogP contribution >= 0.6 is 34.4 Å². The van der Waals surface area contributed by atoms with Gasteiger partial charge in [-0.2, -0.15) is 17.7 Å². The first-order valence-corrected chi connectivity index (χ1v) is 14.3. The molecule has 0 atom stereocenters. The number of benzene rings is 2. The predicted octanol–water partition coefficient (Wildman–Crippen LogP) is 1.99. The first-order chi connectivity index (χ1) is 17.7. The Morgan fingerprint density at radius 2 is 1.84 bits per heavy atom. The lowest BCUT2D eigenvalue weighted by molar-refractivity contribution is -0.693. The van der Waals surface area contributed by atoms with Crippen LogP contribution in [-0.4, -0.2) is 11.6 Å². The van der Waals surface area contributed by atoms with E-state index in [1.54, 1.807) is 27.7 Å². The molecule has 0 radical (unpaired) electrons. The number of halogens is 4. The number of aryl methyl sites for hydroxylation is 3. The molecule has 1 aliphatic rings. The Morgan fingerprint density at radius 3 is 2.53 bits per heavy atom. The van der Waals surface area contributed by atoms with Crippen LogP contribution in [0.25, 0.3) is 11.1 Å². The number of aromatic nitrogens is 2. The molecule has 200 valence electrons. The van der Waals surface area contributed by atoms with Gasteiger partial charge in [-0.25, -0.2) is 0 Å². The van der Waals surface area contributed by atoms with Gasteiger partial charge in [0.05, 0.1) is 22.7 Å². The smallest absolute Gasteiger partial charge is 0.416 e.